The lowest BCUT2D eigenvalue weighted by Crippen LogP contribution is -1.85. The van der Waals surface area contributed by atoms with Crippen molar-refractivity contribution in [3.8, 4) is 0 Å². The molecule has 0 nitrogen and oxygen atoms in total. The molecule has 0 fully saturated rings. The molecule has 0 N–H and O–H groups in total. The number of hydrogen-bond acceptors (Lipinski definition) is 1. The van der Waals surface area contributed by atoms with Crippen molar-refractivity contribution >= 4 is 33.0 Å². The molecule has 13 heavy (non-hydrogen) atoms. The van der Waals surface area contributed by atoms with E-state index >= 15 is 0 Å². The Bertz CT molecular complexity index is 443. The topological polar surface area (TPSA) is 0 Å². The molecule has 0 aliphatic rings. The van der Waals surface area contributed by atoms with Crippen molar-refractivity contribution in [1.82, 2.24) is 0 Å². The van der Waals surface area contributed by atoms with Gasteiger partial charge in [-0.2, -0.15) is 0 Å². The monoisotopic (exact) mass is 210 g/mol. The Morgan fingerprint density at radius 2 is 2.15 bits per heavy atom. The summed E-state index contributed by atoms with van der Waals surface area (Å²) in [6.45, 7) is 4.34. The maximum Gasteiger partial charge on any atom is 0.0940 e. The van der Waals surface area contributed by atoms with E-state index in [4.69, 9.17) is 11.6 Å². The molecule has 0 amide bonds. The maximum atomic E-state index is 5.98. The van der Waals surface area contributed by atoms with Gasteiger partial charge in [0.05, 0.1) is 4.34 Å². The van der Waals surface area contributed by atoms with E-state index in [1.54, 1.807) is 11.3 Å². The molecule has 0 aliphatic heterocycles. The summed E-state index contributed by atoms with van der Waals surface area (Å²) < 4.78 is 2.18. The number of thiophene rings is 1. The Morgan fingerprint density at radius 3 is 2.85 bits per heavy atom. The minimum Gasteiger partial charge on any atom is -0.123 e. The first kappa shape index (κ1) is 9.04. The Balaban J connectivity index is 2.82. The van der Waals surface area contributed by atoms with Crippen molar-refractivity contribution < 1.29 is 0 Å². The van der Waals surface area contributed by atoms with E-state index in [0.717, 1.165) is 10.8 Å². The van der Waals surface area contributed by atoms with Crippen LogP contribution in [0.15, 0.2) is 18.2 Å². The molecule has 2 heteroatoms. The van der Waals surface area contributed by atoms with Crippen LogP contribution in [0.25, 0.3) is 10.1 Å². The first-order valence-corrected chi connectivity index (χ1v) is 5.59. The van der Waals surface area contributed by atoms with Crippen LogP contribution < -0.4 is 0 Å². The van der Waals surface area contributed by atoms with E-state index < -0.39 is 0 Å². The van der Waals surface area contributed by atoms with Crippen LogP contribution in [0.4, 0.5) is 0 Å². The zero-order chi connectivity index (χ0) is 9.42. The summed E-state index contributed by atoms with van der Waals surface area (Å²) in [7, 11) is 0. The maximum absolute atomic E-state index is 5.98. The molecule has 0 saturated carbocycles. The van der Waals surface area contributed by atoms with E-state index in [0.29, 0.717) is 0 Å². The fourth-order valence-corrected chi connectivity index (χ4v) is 2.89. The first-order chi connectivity index (χ1) is 6.22. The number of halogens is 1. The smallest absolute Gasteiger partial charge is 0.0940 e. The zero-order valence-electron chi connectivity index (χ0n) is 7.73. The number of rotatable bonds is 1. The summed E-state index contributed by atoms with van der Waals surface area (Å²) in [5, 5.41) is 1.33. The van der Waals surface area contributed by atoms with Crippen LogP contribution in [0, 0.1) is 6.92 Å². The molecule has 1 aromatic carbocycles. The van der Waals surface area contributed by atoms with Crippen LogP contribution >= 0.6 is 22.9 Å². The molecule has 1 heterocycles. The van der Waals surface area contributed by atoms with Gasteiger partial charge in [-0.25, -0.2) is 0 Å². The van der Waals surface area contributed by atoms with Crippen LogP contribution in [0.1, 0.15) is 18.1 Å². The fraction of sp³-hybridized carbons (Fsp3) is 0.273. The van der Waals surface area contributed by atoms with Crippen LogP contribution in [-0.4, -0.2) is 0 Å². The molecule has 0 unspecified atom stereocenters. The van der Waals surface area contributed by atoms with Crippen molar-refractivity contribution in [3.05, 3.63) is 33.7 Å². The lowest BCUT2D eigenvalue weighted by atomic mass is 10.0. The van der Waals surface area contributed by atoms with Gasteiger partial charge in [-0.1, -0.05) is 24.6 Å². The van der Waals surface area contributed by atoms with Crippen LogP contribution in [0.3, 0.4) is 0 Å². The summed E-state index contributed by atoms with van der Waals surface area (Å²) in [6, 6.07) is 6.40. The largest absolute Gasteiger partial charge is 0.123 e. The predicted octanol–water partition coefficient (Wildman–Crippen LogP) is 4.43. The highest BCUT2D eigenvalue weighted by Gasteiger charge is 2.05. The van der Waals surface area contributed by atoms with Gasteiger partial charge in [-0.3, -0.25) is 0 Å². The van der Waals surface area contributed by atoms with Gasteiger partial charge < -0.3 is 0 Å². The van der Waals surface area contributed by atoms with Crippen molar-refractivity contribution in [2.75, 3.05) is 0 Å². The first-order valence-electron chi connectivity index (χ1n) is 4.40. The highest BCUT2D eigenvalue weighted by molar-refractivity contribution is 7.22. The average Bonchev–Trinajstić information content (AvgIpc) is 2.45. The number of benzene rings is 1. The van der Waals surface area contributed by atoms with Gasteiger partial charge in [0.2, 0.25) is 0 Å². The van der Waals surface area contributed by atoms with E-state index in [1.807, 2.05) is 0 Å². The summed E-state index contributed by atoms with van der Waals surface area (Å²) in [6.07, 6.45) is 1.08. The van der Waals surface area contributed by atoms with Crippen molar-refractivity contribution in [2.24, 2.45) is 0 Å². The third-order valence-electron chi connectivity index (χ3n) is 2.37. The molecule has 1 aromatic heterocycles. The average molecular weight is 211 g/mol. The molecule has 0 atom stereocenters. The molecular weight excluding hydrogens is 200 g/mol. The summed E-state index contributed by atoms with van der Waals surface area (Å²) in [5.74, 6) is 0. The molecule has 2 rings (SSSR count). The Kier molecular flexibility index (Phi) is 2.31. The van der Waals surface area contributed by atoms with E-state index in [9.17, 15) is 0 Å². The van der Waals surface area contributed by atoms with E-state index in [-0.39, 0.29) is 0 Å². The Hall–Kier alpha value is -0.530. The number of aryl methyl sites for hydroxylation is 2. The second-order valence-corrected chi connectivity index (χ2v) is 4.89. The third kappa shape index (κ3) is 1.47. The third-order valence-corrected chi connectivity index (χ3v) is 3.60. The zero-order valence-corrected chi connectivity index (χ0v) is 9.30. The van der Waals surface area contributed by atoms with Crippen molar-refractivity contribution in [1.29, 1.82) is 0 Å². The lowest BCUT2D eigenvalue weighted by Gasteiger charge is -2.03. The SMILES string of the molecule is CCc1c(C)ccc2sc(Cl)cc12. The van der Waals surface area contributed by atoms with Crippen molar-refractivity contribution in [2.45, 2.75) is 20.3 Å². The van der Waals surface area contributed by atoms with Gasteiger partial charge in [0.25, 0.3) is 0 Å². The molecule has 0 bridgehead atoms. The Morgan fingerprint density at radius 1 is 1.38 bits per heavy atom. The van der Waals surface area contributed by atoms with E-state index in [1.165, 1.54) is 21.2 Å². The highest BCUT2D eigenvalue weighted by Crippen LogP contribution is 2.33. The summed E-state index contributed by atoms with van der Waals surface area (Å²) in [5.41, 5.74) is 2.80. The van der Waals surface area contributed by atoms with Gasteiger partial charge in [-0.15, -0.1) is 11.3 Å². The Labute approximate surface area is 87.2 Å². The van der Waals surface area contributed by atoms with Gasteiger partial charge in [0, 0.05) is 4.70 Å². The second kappa shape index (κ2) is 3.32. The predicted molar refractivity (Wildman–Crippen MR) is 61.0 cm³/mol. The standard InChI is InChI=1S/C11H11ClS/c1-3-8-7(2)4-5-10-9(8)6-11(12)13-10/h4-6H,3H2,1-2H3. The molecular formula is C11H11ClS. The van der Waals surface area contributed by atoms with Gasteiger partial charge in [-0.05, 0) is 42.0 Å². The fourth-order valence-electron chi connectivity index (χ4n) is 1.72. The lowest BCUT2D eigenvalue weighted by molar-refractivity contribution is 1.13. The minimum atomic E-state index is 0.885. The van der Waals surface area contributed by atoms with Gasteiger partial charge in [0.1, 0.15) is 0 Å². The van der Waals surface area contributed by atoms with Crippen LogP contribution in [0.2, 0.25) is 4.34 Å². The molecule has 0 spiro atoms. The van der Waals surface area contributed by atoms with Gasteiger partial charge in [0.15, 0.2) is 0 Å². The van der Waals surface area contributed by atoms with E-state index in [2.05, 4.69) is 32.0 Å². The van der Waals surface area contributed by atoms with Crippen molar-refractivity contribution in [3.63, 3.8) is 0 Å². The molecule has 0 saturated heterocycles. The molecule has 0 radical (unpaired) electrons. The molecule has 68 valence electrons. The highest BCUT2D eigenvalue weighted by atomic mass is 35.5. The van der Waals surface area contributed by atoms with Crippen LogP contribution in [-0.2, 0) is 6.42 Å². The number of fused-ring (bicyclic) bond motifs is 1. The second-order valence-electron chi connectivity index (χ2n) is 3.18. The minimum absolute atomic E-state index is 0.885. The summed E-state index contributed by atoms with van der Waals surface area (Å²) >= 11 is 7.64. The normalized spacial score (nSPS) is 11.0. The molecule has 2 aromatic rings. The molecule has 0 aliphatic carbocycles. The van der Waals surface area contributed by atoms with Gasteiger partial charge >= 0.3 is 0 Å². The van der Waals surface area contributed by atoms with Crippen LogP contribution in [0.5, 0.6) is 0 Å². The summed E-state index contributed by atoms with van der Waals surface area (Å²) in [4.78, 5) is 0. The number of hydrogen-bond donors (Lipinski definition) is 0. The quantitative estimate of drug-likeness (QED) is 0.654.